The molecule has 3 atom stereocenters. The first-order valence-electron chi connectivity index (χ1n) is 11.7. The number of fused-ring (bicyclic) bond motifs is 4. The van der Waals surface area contributed by atoms with Gasteiger partial charge in [0.25, 0.3) is 0 Å². The van der Waals surface area contributed by atoms with E-state index in [4.69, 9.17) is 9.97 Å². The van der Waals surface area contributed by atoms with E-state index in [1.54, 1.807) is 35.0 Å². The molecule has 0 unspecified atom stereocenters. The van der Waals surface area contributed by atoms with Crippen molar-refractivity contribution in [2.75, 3.05) is 0 Å². The minimum absolute atomic E-state index is 0.0141. The van der Waals surface area contributed by atoms with Crippen molar-refractivity contribution in [3.8, 4) is 28.7 Å². The van der Waals surface area contributed by atoms with Gasteiger partial charge in [-0.05, 0) is 43.0 Å². The molecule has 2 aliphatic carbocycles. The molecular formula is C28H22FN5O. The monoisotopic (exact) mass is 463 g/mol. The fraction of sp³-hybridized carbons (Fsp3) is 0.250. The third kappa shape index (κ3) is 3.06. The summed E-state index contributed by atoms with van der Waals surface area (Å²) in [5.41, 5.74) is 3.65. The molecular weight excluding hydrogens is 441 g/mol. The van der Waals surface area contributed by atoms with Crippen LogP contribution in [0.15, 0.2) is 66.5 Å². The second-order valence-corrected chi connectivity index (χ2v) is 9.54. The first kappa shape index (κ1) is 21.4. The minimum atomic E-state index is -0.660. The molecule has 0 N–H and O–H groups in total. The van der Waals surface area contributed by atoms with Crippen LogP contribution >= 0.6 is 0 Å². The molecule has 0 saturated heterocycles. The number of carbonyl (C=O) groups excluding carboxylic acids is 1. The molecule has 6 rings (SSSR count). The molecule has 3 aromatic heterocycles. The van der Waals surface area contributed by atoms with Gasteiger partial charge in [-0.2, -0.15) is 10.4 Å². The van der Waals surface area contributed by atoms with Gasteiger partial charge in [0, 0.05) is 28.7 Å². The van der Waals surface area contributed by atoms with Crippen LogP contribution in [0.5, 0.6) is 0 Å². The van der Waals surface area contributed by atoms with Gasteiger partial charge in [-0.1, -0.05) is 38.1 Å². The predicted molar refractivity (Wildman–Crippen MR) is 129 cm³/mol. The van der Waals surface area contributed by atoms with Crippen LogP contribution < -0.4 is 0 Å². The smallest absolute Gasteiger partial charge is 0.176 e. The Morgan fingerprint density at radius 2 is 1.94 bits per heavy atom. The molecule has 0 bridgehead atoms. The van der Waals surface area contributed by atoms with Crippen LogP contribution in [0, 0.1) is 29.0 Å². The number of carbonyl (C=O) groups is 1. The number of hydrogen-bond acceptors (Lipinski definition) is 5. The van der Waals surface area contributed by atoms with E-state index in [1.165, 1.54) is 6.07 Å². The van der Waals surface area contributed by atoms with E-state index >= 15 is 4.39 Å². The van der Waals surface area contributed by atoms with Gasteiger partial charge in [0.1, 0.15) is 11.9 Å². The quantitative estimate of drug-likeness (QED) is 0.414. The summed E-state index contributed by atoms with van der Waals surface area (Å²) < 4.78 is 16.8. The van der Waals surface area contributed by atoms with Gasteiger partial charge in [0.15, 0.2) is 11.6 Å². The predicted octanol–water partition coefficient (Wildman–Crippen LogP) is 5.09. The molecule has 7 heteroatoms. The lowest BCUT2D eigenvalue weighted by Gasteiger charge is -2.45. The summed E-state index contributed by atoms with van der Waals surface area (Å²) in [5.74, 6) is -0.349. The average Bonchev–Trinajstić information content (AvgIpc) is 3.30. The van der Waals surface area contributed by atoms with Crippen molar-refractivity contribution >= 4 is 11.3 Å². The third-order valence-corrected chi connectivity index (χ3v) is 7.64. The van der Waals surface area contributed by atoms with Crippen LogP contribution in [0.1, 0.15) is 31.5 Å². The van der Waals surface area contributed by atoms with Gasteiger partial charge in [-0.3, -0.25) is 4.79 Å². The normalized spacial score (nSPS) is 23.4. The highest BCUT2D eigenvalue weighted by Gasteiger charge is 2.49. The number of halogens is 1. The summed E-state index contributed by atoms with van der Waals surface area (Å²) in [6, 6.07) is 14.5. The molecule has 172 valence electrons. The highest BCUT2D eigenvalue weighted by Crippen LogP contribution is 2.51. The van der Waals surface area contributed by atoms with Crippen LogP contribution in [-0.2, 0) is 16.6 Å². The SMILES string of the molecule is C[C@H]1C(=O)C(C#N)=C[C@@]2(C)c3nc(-c4cnn5ccccc45)nc(-c4ccccc4F)c3CC[C@H]12. The molecule has 35 heavy (non-hydrogen) atoms. The van der Waals surface area contributed by atoms with Crippen molar-refractivity contribution in [2.45, 2.75) is 32.1 Å². The lowest BCUT2D eigenvalue weighted by Crippen LogP contribution is -2.46. The van der Waals surface area contributed by atoms with Gasteiger partial charge in [0.2, 0.25) is 0 Å². The largest absolute Gasteiger partial charge is 0.293 e. The molecule has 3 heterocycles. The Hall–Kier alpha value is -4.18. The molecule has 0 spiro atoms. The number of pyridine rings is 1. The van der Waals surface area contributed by atoms with Crippen molar-refractivity contribution in [1.29, 1.82) is 5.26 Å². The second-order valence-electron chi connectivity index (χ2n) is 9.54. The van der Waals surface area contributed by atoms with Gasteiger partial charge in [0.05, 0.1) is 34.2 Å². The fourth-order valence-electron chi connectivity index (χ4n) is 5.88. The number of allylic oxidation sites excluding steroid dienone is 2. The number of ketones is 1. The lowest BCUT2D eigenvalue weighted by molar-refractivity contribution is -0.121. The van der Waals surface area contributed by atoms with E-state index in [2.05, 4.69) is 11.2 Å². The van der Waals surface area contributed by atoms with Gasteiger partial charge in [-0.15, -0.1) is 0 Å². The van der Waals surface area contributed by atoms with Crippen LogP contribution in [-0.4, -0.2) is 25.4 Å². The van der Waals surface area contributed by atoms with Crippen LogP contribution in [0.25, 0.3) is 28.2 Å². The maximum Gasteiger partial charge on any atom is 0.176 e. The van der Waals surface area contributed by atoms with Crippen LogP contribution in [0.3, 0.4) is 0 Å². The molecule has 0 radical (unpaired) electrons. The molecule has 1 aromatic carbocycles. The minimum Gasteiger partial charge on any atom is -0.293 e. The average molecular weight is 464 g/mol. The Balaban J connectivity index is 1.68. The number of rotatable bonds is 2. The number of benzene rings is 1. The van der Waals surface area contributed by atoms with Crippen molar-refractivity contribution in [1.82, 2.24) is 19.6 Å². The Bertz CT molecular complexity index is 1600. The zero-order chi connectivity index (χ0) is 24.3. The second kappa shape index (κ2) is 7.67. The summed E-state index contributed by atoms with van der Waals surface area (Å²) in [7, 11) is 0. The number of Topliss-reactive ketones (excluding diaryl/α,β-unsaturated/α-hetero) is 1. The highest BCUT2D eigenvalue weighted by atomic mass is 19.1. The number of aromatic nitrogens is 4. The fourth-order valence-corrected chi connectivity index (χ4v) is 5.88. The zero-order valence-electron chi connectivity index (χ0n) is 19.4. The van der Waals surface area contributed by atoms with Gasteiger partial charge in [-0.25, -0.2) is 18.9 Å². The van der Waals surface area contributed by atoms with Crippen molar-refractivity contribution < 1.29 is 9.18 Å². The van der Waals surface area contributed by atoms with Crippen molar-refractivity contribution in [3.05, 3.63) is 83.6 Å². The molecule has 0 aliphatic heterocycles. The lowest BCUT2D eigenvalue weighted by atomic mass is 9.57. The van der Waals surface area contributed by atoms with Crippen LogP contribution in [0.4, 0.5) is 4.39 Å². The molecule has 0 amide bonds. The Kier molecular flexibility index (Phi) is 4.68. The Morgan fingerprint density at radius 1 is 1.14 bits per heavy atom. The molecule has 6 nitrogen and oxygen atoms in total. The molecule has 4 aromatic rings. The summed E-state index contributed by atoms with van der Waals surface area (Å²) in [4.78, 5) is 22.8. The third-order valence-electron chi connectivity index (χ3n) is 7.64. The maximum atomic E-state index is 15.1. The Labute approximate surface area is 201 Å². The number of nitriles is 1. The summed E-state index contributed by atoms with van der Waals surface area (Å²) >= 11 is 0. The first-order chi connectivity index (χ1) is 16.9. The summed E-state index contributed by atoms with van der Waals surface area (Å²) in [6.45, 7) is 3.93. The number of hydrogen-bond donors (Lipinski definition) is 0. The van der Waals surface area contributed by atoms with E-state index in [1.807, 2.05) is 38.2 Å². The molecule has 0 saturated carbocycles. The van der Waals surface area contributed by atoms with Crippen molar-refractivity contribution in [2.24, 2.45) is 11.8 Å². The molecule has 0 fully saturated rings. The van der Waals surface area contributed by atoms with E-state index in [0.717, 1.165) is 28.8 Å². The summed E-state index contributed by atoms with van der Waals surface area (Å²) in [5, 5.41) is 14.1. The van der Waals surface area contributed by atoms with Crippen LogP contribution in [0.2, 0.25) is 0 Å². The summed E-state index contributed by atoms with van der Waals surface area (Å²) in [6.07, 6.45) is 6.70. The van der Waals surface area contributed by atoms with E-state index in [0.29, 0.717) is 23.5 Å². The highest BCUT2D eigenvalue weighted by molar-refractivity contribution is 6.02. The number of nitrogens with zero attached hydrogens (tertiary/aromatic N) is 5. The van der Waals surface area contributed by atoms with E-state index in [9.17, 15) is 10.1 Å². The van der Waals surface area contributed by atoms with Gasteiger partial charge >= 0.3 is 0 Å². The Morgan fingerprint density at radius 3 is 2.74 bits per heavy atom. The maximum absolute atomic E-state index is 15.1. The van der Waals surface area contributed by atoms with Gasteiger partial charge < -0.3 is 0 Å². The standard InChI is InChI=1S/C28H22FN5O/c1-16-21-11-10-19-24(18-7-3-4-8-22(18)29)32-27(20-15-31-34-12-6-5-9-23(20)34)33-26(19)28(21,2)13-17(14-30)25(16)35/h3-9,12-13,15-16,21H,10-11H2,1-2H3/t16-,21-,28-/m1/s1. The first-order valence-corrected chi connectivity index (χ1v) is 11.7. The molecule has 2 aliphatic rings. The van der Waals surface area contributed by atoms with E-state index in [-0.39, 0.29) is 29.0 Å². The van der Waals surface area contributed by atoms with Crippen molar-refractivity contribution in [3.63, 3.8) is 0 Å². The topological polar surface area (TPSA) is 83.9 Å². The zero-order valence-corrected chi connectivity index (χ0v) is 19.4. The van der Waals surface area contributed by atoms with E-state index < -0.39 is 5.41 Å².